The molecule has 0 saturated carbocycles. The lowest BCUT2D eigenvalue weighted by atomic mass is 10.1. The van der Waals surface area contributed by atoms with Crippen molar-refractivity contribution in [1.29, 1.82) is 0 Å². The zero-order chi connectivity index (χ0) is 15.1. The van der Waals surface area contributed by atoms with E-state index < -0.39 is 0 Å². The fourth-order valence-corrected chi connectivity index (χ4v) is 2.79. The minimum absolute atomic E-state index is 0.297. The van der Waals surface area contributed by atoms with Crippen molar-refractivity contribution >= 4 is 27.9 Å². The summed E-state index contributed by atoms with van der Waals surface area (Å²) in [4.78, 5) is 12.4. The van der Waals surface area contributed by atoms with Crippen LogP contribution in [0.5, 0.6) is 0 Å². The molecule has 2 heterocycles. The first-order valence-corrected chi connectivity index (χ1v) is 7.23. The van der Waals surface area contributed by atoms with E-state index in [4.69, 9.17) is 9.15 Å². The van der Waals surface area contributed by atoms with Crippen LogP contribution in [0, 0.1) is 0 Å². The Kier molecular flexibility index (Phi) is 2.86. The second kappa shape index (κ2) is 4.88. The number of benzene rings is 3. The molecule has 4 rings (SSSR count). The zero-order valence-corrected chi connectivity index (χ0v) is 12.1. The SMILES string of the molecule is CC(OC(=O)c1cc2oc1c1ccccc21)c1ccccc1. The van der Waals surface area contributed by atoms with Gasteiger partial charge >= 0.3 is 5.97 Å². The third kappa shape index (κ3) is 1.94. The molecule has 0 saturated heterocycles. The van der Waals surface area contributed by atoms with E-state index in [1.54, 1.807) is 6.07 Å². The Hall–Kier alpha value is -2.81. The van der Waals surface area contributed by atoms with Crippen LogP contribution in [-0.4, -0.2) is 5.97 Å². The van der Waals surface area contributed by atoms with Crippen LogP contribution in [0.4, 0.5) is 0 Å². The van der Waals surface area contributed by atoms with Crippen molar-refractivity contribution in [3.05, 3.63) is 71.8 Å². The highest BCUT2D eigenvalue weighted by Gasteiger charge is 2.22. The molecule has 2 aromatic carbocycles. The van der Waals surface area contributed by atoms with Gasteiger partial charge in [0.25, 0.3) is 0 Å². The first-order chi connectivity index (χ1) is 10.7. The number of esters is 1. The third-order valence-electron chi connectivity index (χ3n) is 3.94. The standard InChI is InChI=1S/C19H14O3/c1-12(13-7-3-2-4-8-13)21-19(20)16-11-17-14-9-5-6-10-15(14)18(16)22-17/h2-12H,1H3. The van der Waals surface area contributed by atoms with E-state index in [-0.39, 0.29) is 12.1 Å². The van der Waals surface area contributed by atoms with Gasteiger partial charge in [-0.15, -0.1) is 0 Å². The number of rotatable bonds is 3. The zero-order valence-electron chi connectivity index (χ0n) is 12.1. The van der Waals surface area contributed by atoms with E-state index in [9.17, 15) is 4.79 Å². The van der Waals surface area contributed by atoms with Gasteiger partial charge in [0.15, 0.2) is 0 Å². The highest BCUT2D eigenvalue weighted by Crippen LogP contribution is 2.35. The minimum Gasteiger partial charge on any atom is -0.455 e. The number of ether oxygens (including phenoxy) is 1. The van der Waals surface area contributed by atoms with Crippen LogP contribution in [0.25, 0.3) is 21.9 Å². The van der Waals surface area contributed by atoms with Gasteiger partial charge in [0.2, 0.25) is 0 Å². The van der Waals surface area contributed by atoms with Crippen molar-refractivity contribution < 1.29 is 13.9 Å². The molecule has 108 valence electrons. The van der Waals surface area contributed by atoms with E-state index in [2.05, 4.69) is 0 Å². The first kappa shape index (κ1) is 12.9. The lowest BCUT2D eigenvalue weighted by Gasteiger charge is -2.13. The average molecular weight is 290 g/mol. The molecular weight excluding hydrogens is 276 g/mol. The number of hydrogen-bond donors (Lipinski definition) is 0. The summed E-state index contributed by atoms with van der Waals surface area (Å²) in [7, 11) is 0. The summed E-state index contributed by atoms with van der Waals surface area (Å²) in [5.41, 5.74) is 2.80. The maximum absolute atomic E-state index is 12.4. The van der Waals surface area contributed by atoms with E-state index in [0.29, 0.717) is 11.1 Å². The van der Waals surface area contributed by atoms with Gasteiger partial charge in [-0.25, -0.2) is 4.79 Å². The van der Waals surface area contributed by atoms with Gasteiger partial charge in [0.05, 0.1) is 0 Å². The molecule has 2 bridgehead atoms. The molecule has 0 aliphatic heterocycles. The predicted octanol–water partition coefficient (Wildman–Crippen LogP) is 4.94. The van der Waals surface area contributed by atoms with E-state index >= 15 is 0 Å². The molecule has 1 atom stereocenters. The minimum atomic E-state index is -0.351. The molecule has 2 aromatic heterocycles. The van der Waals surface area contributed by atoms with Crippen molar-refractivity contribution in [1.82, 2.24) is 0 Å². The number of carbonyl (C=O) groups is 1. The van der Waals surface area contributed by atoms with Crippen LogP contribution in [0.15, 0.2) is 65.1 Å². The first-order valence-electron chi connectivity index (χ1n) is 7.23. The predicted molar refractivity (Wildman–Crippen MR) is 85.2 cm³/mol. The Morgan fingerprint density at radius 2 is 1.68 bits per heavy atom. The fourth-order valence-electron chi connectivity index (χ4n) is 2.79. The highest BCUT2D eigenvalue weighted by molar-refractivity contribution is 6.15. The molecule has 0 N–H and O–H groups in total. The Morgan fingerprint density at radius 1 is 1.00 bits per heavy atom. The summed E-state index contributed by atoms with van der Waals surface area (Å²) in [6.07, 6.45) is -0.297. The second-order valence-electron chi connectivity index (χ2n) is 5.36. The van der Waals surface area contributed by atoms with Crippen LogP contribution in [0.3, 0.4) is 0 Å². The number of carbonyl (C=O) groups excluding carboxylic acids is 1. The van der Waals surface area contributed by atoms with E-state index in [1.165, 1.54) is 0 Å². The quantitative estimate of drug-likeness (QED) is 0.501. The largest absolute Gasteiger partial charge is 0.455 e. The summed E-state index contributed by atoms with van der Waals surface area (Å²) in [6, 6.07) is 19.3. The Balaban J connectivity index is 1.65. The molecule has 4 aromatic rings. The maximum atomic E-state index is 12.4. The van der Waals surface area contributed by atoms with Gasteiger partial charge in [-0.1, -0.05) is 54.6 Å². The van der Waals surface area contributed by atoms with Gasteiger partial charge in [0, 0.05) is 10.8 Å². The van der Waals surface area contributed by atoms with Gasteiger partial charge in [-0.3, -0.25) is 0 Å². The van der Waals surface area contributed by atoms with Crippen LogP contribution < -0.4 is 0 Å². The molecule has 0 spiro atoms. The monoisotopic (exact) mass is 290 g/mol. The Morgan fingerprint density at radius 3 is 2.45 bits per heavy atom. The second-order valence-corrected chi connectivity index (χ2v) is 5.36. The van der Waals surface area contributed by atoms with Crippen LogP contribution in [-0.2, 0) is 4.74 Å². The molecule has 0 fully saturated rings. The van der Waals surface area contributed by atoms with Crippen molar-refractivity contribution in [2.75, 3.05) is 0 Å². The normalized spacial score (nSPS) is 12.8. The number of fused-ring (bicyclic) bond motifs is 5. The van der Waals surface area contributed by atoms with Crippen molar-refractivity contribution in [3.8, 4) is 0 Å². The molecule has 3 nitrogen and oxygen atoms in total. The topological polar surface area (TPSA) is 39.4 Å². The molecular formula is C19H14O3. The Labute approximate surface area is 127 Å². The summed E-state index contributed by atoms with van der Waals surface area (Å²) < 4.78 is 11.3. The third-order valence-corrected chi connectivity index (χ3v) is 3.94. The smallest absolute Gasteiger partial charge is 0.342 e. The van der Waals surface area contributed by atoms with E-state index in [0.717, 1.165) is 21.9 Å². The summed E-state index contributed by atoms with van der Waals surface area (Å²) >= 11 is 0. The van der Waals surface area contributed by atoms with Crippen LogP contribution >= 0.6 is 0 Å². The lowest BCUT2D eigenvalue weighted by Crippen LogP contribution is -2.08. The van der Waals surface area contributed by atoms with Crippen LogP contribution in [0.2, 0.25) is 0 Å². The molecule has 0 aliphatic rings. The molecule has 3 heteroatoms. The highest BCUT2D eigenvalue weighted by atomic mass is 16.5. The van der Waals surface area contributed by atoms with Crippen molar-refractivity contribution in [2.24, 2.45) is 0 Å². The summed E-state index contributed by atoms with van der Waals surface area (Å²) in [5, 5.41) is 1.99. The van der Waals surface area contributed by atoms with Gasteiger partial charge in [-0.05, 0) is 18.6 Å². The van der Waals surface area contributed by atoms with Gasteiger partial charge < -0.3 is 9.15 Å². The Bertz CT molecular complexity index is 937. The van der Waals surface area contributed by atoms with Gasteiger partial charge in [0.1, 0.15) is 22.8 Å². The average Bonchev–Trinajstić information content (AvgIpc) is 3.15. The maximum Gasteiger partial charge on any atom is 0.342 e. The number of furan rings is 2. The summed E-state index contributed by atoms with van der Waals surface area (Å²) in [6.45, 7) is 1.87. The lowest BCUT2D eigenvalue weighted by molar-refractivity contribution is 0.0340. The molecule has 0 amide bonds. The molecule has 0 aliphatic carbocycles. The number of hydrogen-bond acceptors (Lipinski definition) is 3. The van der Waals surface area contributed by atoms with Crippen molar-refractivity contribution in [3.63, 3.8) is 0 Å². The fraction of sp³-hybridized carbons (Fsp3) is 0.105. The molecule has 1 unspecified atom stereocenters. The molecule has 0 radical (unpaired) electrons. The molecule has 22 heavy (non-hydrogen) atoms. The van der Waals surface area contributed by atoms with E-state index in [1.807, 2.05) is 61.5 Å². The van der Waals surface area contributed by atoms with Crippen molar-refractivity contribution in [2.45, 2.75) is 13.0 Å². The summed E-state index contributed by atoms with van der Waals surface area (Å²) in [5.74, 6) is -0.351. The van der Waals surface area contributed by atoms with Gasteiger partial charge in [-0.2, -0.15) is 0 Å². The van der Waals surface area contributed by atoms with Crippen LogP contribution in [0.1, 0.15) is 28.9 Å².